The highest BCUT2D eigenvalue weighted by atomic mass is 35.5. The molecule has 0 fully saturated rings. The molecule has 0 amide bonds. The van der Waals surface area contributed by atoms with Crippen LogP contribution in [0.1, 0.15) is 27.3 Å². The van der Waals surface area contributed by atoms with E-state index in [0.29, 0.717) is 11.4 Å². The van der Waals surface area contributed by atoms with E-state index in [-0.39, 0.29) is 16.1 Å². The average Bonchev–Trinajstić information content (AvgIpc) is 2.74. The number of hydrogen-bond donors (Lipinski definition) is 3. The van der Waals surface area contributed by atoms with Gasteiger partial charge in [0.25, 0.3) is 0 Å². The predicted molar refractivity (Wildman–Crippen MR) is 83.7 cm³/mol. The highest BCUT2D eigenvalue weighted by Gasteiger charge is 2.33. The van der Waals surface area contributed by atoms with E-state index >= 15 is 0 Å². The van der Waals surface area contributed by atoms with E-state index in [1.807, 2.05) is 0 Å². The standard InChI is InChI=1S/C14H12ClF3N2O3S/c1-6-11(13(21)22)12(7(2)19-6)24(23)20-8-3-4-10(15)9(5-8)14(16,17)18/h3-5,19-20H,1-2H3,(H,21,22). The van der Waals surface area contributed by atoms with Gasteiger partial charge < -0.3 is 14.8 Å². The number of carboxylic acids is 1. The van der Waals surface area contributed by atoms with Crippen LogP contribution < -0.4 is 4.72 Å². The van der Waals surface area contributed by atoms with Crippen LogP contribution in [-0.4, -0.2) is 20.3 Å². The molecule has 0 spiro atoms. The largest absolute Gasteiger partial charge is 0.478 e. The Bertz CT molecular complexity index is 833. The topological polar surface area (TPSA) is 82.2 Å². The van der Waals surface area contributed by atoms with Crippen molar-refractivity contribution in [2.24, 2.45) is 0 Å². The lowest BCUT2D eigenvalue weighted by Gasteiger charge is -2.12. The van der Waals surface area contributed by atoms with Gasteiger partial charge in [-0.3, -0.25) is 0 Å². The molecule has 0 aliphatic rings. The number of halogens is 4. The van der Waals surface area contributed by atoms with Crippen LogP contribution in [-0.2, 0) is 17.2 Å². The maximum atomic E-state index is 12.9. The summed E-state index contributed by atoms with van der Waals surface area (Å²) in [7, 11) is -2.07. The summed E-state index contributed by atoms with van der Waals surface area (Å²) in [5.74, 6) is -1.28. The van der Waals surface area contributed by atoms with Crippen molar-refractivity contribution in [3.05, 3.63) is 45.7 Å². The summed E-state index contributed by atoms with van der Waals surface area (Å²) in [6.45, 7) is 3.03. The van der Waals surface area contributed by atoms with Crippen molar-refractivity contribution >= 4 is 34.2 Å². The Hall–Kier alpha value is -2.00. The Balaban J connectivity index is 2.40. The summed E-state index contributed by atoms with van der Waals surface area (Å²) in [4.78, 5) is 14.0. The van der Waals surface area contributed by atoms with E-state index in [1.165, 1.54) is 19.9 Å². The fourth-order valence-corrected chi connectivity index (χ4v) is 3.63. The van der Waals surface area contributed by atoms with Crippen LogP contribution in [0.2, 0.25) is 5.02 Å². The number of alkyl halides is 3. The number of benzene rings is 1. The average molecular weight is 381 g/mol. The molecule has 5 nitrogen and oxygen atoms in total. The van der Waals surface area contributed by atoms with Gasteiger partial charge in [0.15, 0.2) is 11.0 Å². The van der Waals surface area contributed by atoms with Crippen molar-refractivity contribution in [2.75, 3.05) is 4.72 Å². The molecule has 130 valence electrons. The van der Waals surface area contributed by atoms with Gasteiger partial charge in [0.2, 0.25) is 0 Å². The van der Waals surface area contributed by atoms with Crippen LogP contribution in [0.25, 0.3) is 0 Å². The van der Waals surface area contributed by atoms with E-state index < -0.39 is 33.7 Å². The second-order valence-corrected chi connectivity index (χ2v) is 6.50. The summed E-state index contributed by atoms with van der Waals surface area (Å²) in [6, 6.07) is 2.97. The Morgan fingerprint density at radius 3 is 2.46 bits per heavy atom. The Morgan fingerprint density at radius 1 is 1.29 bits per heavy atom. The molecule has 24 heavy (non-hydrogen) atoms. The van der Waals surface area contributed by atoms with Gasteiger partial charge in [0, 0.05) is 17.1 Å². The minimum Gasteiger partial charge on any atom is -0.478 e. The number of H-pyrrole nitrogens is 1. The monoisotopic (exact) mass is 380 g/mol. The van der Waals surface area contributed by atoms with E-state index in [2.05, 4.69) is 9.71 Å². The van der Waals surface area contributed by atoms with E-state index in [4.69, 9.17) is 11.6 Å². The maximum Gasteiger partial charge on any atom is 0.417 e. The molecule has 1 aromatic heterocycles. The molecule has 0 saturated heterocycles. The molecule has 0 aliphatic carbocycles. The highest BCUT2D eigenvalue weighted by Crippen LogP contribution is 2.36. The second-order valence-electron chi connectivity index (χ2n) is 4.95. The van der Waals surface area contributed by atoms with Gasteiger partial charge in [-0.1, -0.05) is 11.6 Å². The van der Waals surface area contributed by atoms with Crippen LogP contribution in [0.5, 0.6) is 0 Å². The van der Waals surface area contributed by atoms with E-state index in [0.717, 1.165) is 12.1 Å². The summed E-state index contributed by atoms with van der Waals surface area (Å²) in [6.07, 6.45) is -4.66. The number of aromatic amines is 1. The third-order valence-corrected chi connectivity index (χ3v) is 4.83. The summed E-state index contributed by atoms with van der Waals surface area (Å²) in [5, 5.41) is 8.73. The van der Waals surface area contributed by atoms with Gasteiger partial charge in [-0.25, -0.2) is 9.00 Å². The number of aromatic carboxylic acids is 1. The molecule has 1 heterocycles. The lowest BCUT2D eigenvalue weighted by molar-refractivity contribution is -0.137. The SMILES string of the molecule is Cc1[nH]c(C)c(S(=O)Nc2ccc(Cl)c(C(F)(F)F)c2)c1C(=O)O. The molecule has 0 saturated carbocycles. The zero-order valence-corrected chi connectivity index (χ0v) is 14.0. The number of rotatable bonds is 4. The number of carboxylic acid groups (broad SMARTS) is 1. The maximum absolute atomic E-state index is 12.9. The van der Waals surface area contributed by atoms with Gasteiger partial charge in [0.05, 0.1) is 21.0 Å². The molecular formula is C14H12ClF3N2O3S. The van der Waals surface area contributed by atoms with Crippen molar-refractivity contribution < 1.29 is 27.3 Å². The van der Waals surface area contributed by atoms with Crippen molar-refractivity contribution in [3.8, 4) is 0 Å². The minimum absolute atomic E-state index is 0.0245. The van der Waals surface area contributed by atoms with Gasteiger partial charge >= 0.3 is 12.1 Å². The highest BCUT2D eigenvalue weighted by molar-refractivity contribution is 7.86. The Morgan fingerprint density at radius 2 is 1.92 bits per heavy atom. The molecule has 1 aromatic carbocycles. The zero-order valence-electron chi connectivity index (χ0n) is 12.4. The first-order valence-corrected chi connectivity index (χ1v) is 8.02. The molecule has 1 atom stereocenters. The van der Waals surface area contributed by atoms with Gasteiger partial charge in [-0.15, -0.1) is 0 Å². The number of aryl methyl sites for hydroxylation is 2. The Kier molecular flexibility index (Phi) is 4.95. The minimum atomic E-state index is -4.66. The van der Waals surface area contributed by atoms with Crippen LogP contribution in [0.3, 0.4) is 0 Å². The quantitative estimate of drug-likeness (QED) is 0.745. The molecular weight excluding hydrogens is 369 g/mol. The van der Waals surface area contributed by atoms with Gasteiger partial charge in [0.1, 0.15) is 0 Å². The van der Waals surface area contributed by atoms with Crippen LogP contribution >= 0.6 is 11.6 Å². The molecule has 0 aliphatic heterocycles. The molecule has 2 aromatic rings. The first-order chi connectivity index (χ1) is 11.0. The number of aromatic nitrogens is 1. The summed E-state index contributed by atoms with van der Waals surface area (Å²) < 4.78 is 53.4. The lowest BCUT2D eigenvalue weighted by atomic mass is 10.2. The van der Waals surface area contributed by atoms with Crippen molar-refractivity contribution in [2.45, 2.75) is 24.9 Å². The summed E-state index contributed by atoms with van der Waals surface area (Å²) in [5.41, 5.74) is -0.701. The van der Waals surface area contributed by atoms with Crippen molar-refractivity contribution in [3.63, 3.8) is 0 Å². The van der Waals surface area contributed by atoms with Crippen molar-refractivity contribution in [1.29, 1.82) is 0 Å². The number of nitrogens with one attached hydrogen (secondary N) is 2. The first kappa shape index (κ1) is 18.3. The third-order valence-electron chi connectivity index (χ3n) is 3.20. The Labute approximate surface area is 142 Å². The molecule has 0 bridgehead atoms. The number of hydrogen-bond acceptors (Lipinski definition) is 2. The fourth-order valence-electron chi connectivity index (χ4n) is 2.21. The number of carbonyl (C=O) groups is 1. The second kappa shape index (κ2) is 6.48. The third kappa shape index (κ3) is 3.57. The summed E-state index contributed by atoms with van der Waals surface area (Å²) >= 11 is 5.52. The van der Waals surface area contributed by atoms with Gasteiger partial charge in [-0.05, 0) is 32.0 Å². The zero-order chi connectivity index (χ0) is 18.2. The molecule has 2 rings (SSSR count). The van der Waals surface area contributed by atoms with Crippen LogP contribution in [0.4, 0.5) is 18.9 Å². The van der Waals surface area contributed by atoms with Crippen LogP contribution in [0.15, 0.2) is 23.1 Å². The van der Waals surface area contributed by atoms with Gasteiger partial charge in [-0.2, -0.15) is 13.2 Å². The van der Waals surface area contributed by atoms with Crippen LogP contribution in [0, 0.1) is 13.8 Å². The molecule has 0 radical (unpaired) electrons. The lowest BCUT2D eigenvalue weighted by Crippen LogP contribution is -2.12. The number of anilines is 1. The smallest absolute Gasteiger partial charge is 0.417 e. The first-order valence-electron chi connectivity index (χ1n) is 6.50. The fraction of sp³-hybridized carbons (Fsp3) is 0.214. The van der Waals surface area contributed by atoms with E-state index in [9.17, 15) is 27.3 Å². The molecule has 10 heteroatoms. The molecule has 3 N–H and O–H groups in total. The predicted octanol–water partition coefficient (Wildman–Crippen LogP) is 4.14. The van der Waals surface area contributed by atoms with E-state index in [1.54, 1.807) is 0 Å². The normalized spacial score (nSPS) is 12.9. The van der Waals surface area contributed by atoms with Crippen molar-refractivity contribution in [1.82, 2.24) is 4.98 Å². The molecule has 1 unspecified atom stereocenters.